The molecule has 0 aromatic heterocycles. The molecule has 0 saturated heterocycles. The van der Waals surface area contributed by atoms with E-state index in [2.05, 4.69) is 19.9 Å². The number of rotatable bonds is 4. The molecule has 1 fully saturated rings. The van der Waals surface area contributed by atoms with Crippen molar-refractivity contribution in [2.24, 2.45) is 5.73 Å². The molecule has 0 radical (unpaired) electrons. The molecule has 1 aromatic rings. The minimum Gasteiger partial charge on any atom is -0.504 e. The lowest BCUT2D eigenvalue weighted by Crippen LogP contribution is -2.20. The van der Waals surface area contributed by atoms with E-state index >= 15 is 0 Å². The van der Waals surface area contributed by atoms with E-state index in [-0.39, 0.29) is 11.2 Å². The second-order valence-corrected chi connectivity index (χ2v) is 5.26. The van der Waals surface area contributed by atoms with Gasteiger partial charge in [-0.15, -0.1) is 0 Å². The normalized spacial score (nSPS) is 17.2. The van der Waals surface area contributed by atoms with Crippen LogP contribution in [-0.2, 0) is 5.41 Å². The van der Waals surface area contributed by atoms with E-state index < -0.39 is 0 Å². The highest BCUT2D eigenvalue weighted by molar-refractivity contribution is 5.54. The third kappa shape index (κ3) is 2.00. The molecular formula is C14H21NO2. The molecule has 0 amide bonds. The quantitative estimate of drug-likeness (QED) is 0.843. The van der Waals surface area contributed by atoms with Gasteiger partial charge in [0.2, 0.25) is 0 Å². The van der Waals surface area contributed by atoms with Crippen molar-refractivity contribution >= 4 is 0 Å². The number of hydrogen-bond donors (Lipinski definition) is 2. The summed E-state index contributed by atoms with van der Waals surface area (Å²) in [5, 5.41) is 10.2. The zero-order valence-electron chi connectivity index (χ0n) is 10.8. The highest BCUT2D eigenvalue weighted by atomic mass is 16.5. The Balaban J connectivity index is 2.53. The van der Waals surface area contributed by atoms with E-state index in [0.717, 1.165) is 18.4 Å². The molecule has 0 heterocycles. The molecule has 0 spiro atoms. The van der Waals surface area contributed by atoms with E-state index in [4.69, 9.17) is 10.5 Å². The van der Waals surface area contributed by atoms with Crippen LogP contribution in [0.2, 0.25) is 0 Å². The second-order valence-electron chi connectivity index (χ2n) is 5.26. The zero-order chi connectivity index (χ0) is 12.6. The minimum atomic E-state index is -0.0116. The predicted octanol–water partition coefficient (Wildman–Crippen LogP) is 2.51. The van der Waals surface area contributed by atoms with Gasteiger partial charge in [-0.25, -0.2) is 0 Å². The van der Waals surface area contributed by atoms with Crippen molar-refractivity contribution in [3.05, 3.63) is 23.3 Å². The predicted molar refractivity (Wildman–Crippen MR) is 68.7 cm³/mol. The summed E-state index contributed by atoms with van der Waals surface area (Å²) in [6.07, 6.45) is 2.11. The number of aromatic hydroxyl groups is 1. The lowest BCUT2D eigenvalue weighted by molar-refractivity contribution is 0.367. The second kappa shape index (κ2) is 4.22. The molecule has 0 unspecified atom stereocenters. The average molecular weight is 235 g/mol. The van der Waals surface area contributed by atoms with Crippen molar-refractivity contribution in [3.8, 4) is 11.5 Å². The Kier molecular flexibility index (Phi) is 3.04. The number of hydrogen-bond acceptors (Lipinski definition) is 3. The molecule has 3 nitrogen and oxygen atoms in total. The SMILES string of the molecule is COc1cc(C(C)C)cc(C2(CN)CC2)c1O. The van der Waals surface area contributed by atoms with Crippen molar-refractivity contribution in [1.29, 1.82) is 0 Å². The number of ether oxygens (including phenoxy) is 1. The lowest BCUT2D eigenvalue weighted by atomic mass is 9.90. The molecule has 17 heavy (non-hydrogen) atoms. The van der Waals surface area contributed by atoms with Crippen LogP contribution in [0.5, 0.6) is 11.5 Å². The molecule has 94 valence electrons. The maximum absolute atomic E-state index is 10.2. The van der Waals surface area contributed by atoms with Crippen LogP contribution >= 0.6 is 0 Å². The summed E-state index contributed by atoms with van der Waals surface area (Å²) < 4.78 is 5.25. The van der Waals surface area contributed by atoms with Crippen LogP contribution in [0.15, 0.2) is 12.1 Å². The minimum absolute atomic E-state index is 0.0116. The number of phenolic OH excluding ortho intramolecular Hbond substituents is 1. The molecule has 1 aliphatic carbocycles. The van der Waals surface area contributed by atoms with Crippen molar-refractivity contribution in [3.63, 3.8) is 0 Å². The van der Waals surface area contributed by atoms with Crippen LogP contribution in [0.25, 0.3) is 0 Å². The van der Waals surface area contributed by atoms with Gasteiger partial charge in [0.1, 0.15) is 0 Å². The van der Waals surface area contributed by atoms with Gasteiger partial charge < -0.3 is 15.6 Å². The fraction of sp³-hybridized carbons (Fsp3) is 0.571. The zero-order valence-corrected chi connectivity index (χ0v) is 10.8. The maximum Gasteiger partial charge on any atom is 0.161 e. The maximum atomic E-state index is 10.2. The molecule has 0 aliphatic heterocycles. The van der Waals surface area contributed by atoms with Crippen molar-refractivity contribution in [2.45, 2.75) is 38.0 Å². The summed E-state index contributed by atoms with van der Waals surface area (Å²) in [6, 6.07) is 4.00. The third-order valence-electron chi connectivity index (χ3n) is 3.80. The van der Waals surface area contributed by atoms with Crippen LogP contribution in [0.3, 0.4) is 0 Å². The van der Waals surface area contributed by atoms with Crippen LogP contribution in [-0.4, -0.2) is 18.8 Å². The summed E-state index contributed by atoms with van der Waals surface area (Å²) >= 11 is 0. The molecule has 3 N–H and O–H groups in total. The standard InChI is InChI=1S/C14H21NO2/c1-9(2)10-6-11(14(8-15)4-5-14)13(16)12(7-10)17-3/h6-7,9,16H,4-5,8,15H2,1-3H3. The highest BCUT2D eigenvalue weighted by Crippen LogP contribution is 2.52. The van der Waals surface area contributed by atoms with E-state index in [1.165, 1.54) is 5.56 Å². The number of methoxy groups -OCH3 is 1. The summed E-state index contributed by atoms with van der Waals surface area (Å²) in [5.41, 5.74) is 7.97. The van der Waals surface area contributed by atoms with Crippen LogP contribution in [0, 0.1) is 0 Å². The Labute approximate surface area is 103 Å². The molecule has 2 rings (SSSR count). The third-order valence-corrected chi connectivity index (χ3v) is 3.80. The Morgan fingerprint density at radius 1 is 1.41 bits per heavy atom. The number of phenols is 1. The fourth-order valence-electron chi connectivity index (χ4n) is 2.26. The molecule has 1 aromatic carbocycles. The van der Waals surface area contributed by atoms with Gasteiger partial charge in [0.15, 0.2) is 11.5 Å². The van der Waals surface area contributed by atoms with Gasteiger partial charge in [0.25, 0.3) is 0 Å². The largest absolute Gasteiger partial charge is 0.504 e. The van der Waals surface area contributed by atoms with Gasteiger partial charge >= 0.3 is 0 Å². The number of benzene rings is 1. The fourth-order valence-corrected chi connectivity index (χ4v) is 2.26. The van der Waals surface area contributed by atoms with Crippen LogP contribution in [0.1, 0.15) is 43.7 Å². The first-order valence-corrected chi connectivity index (χ1v) is 6.15. The van der Waals surface area contributed by atoms with Crippen LogP contribution in [0.4, 0.5) is 0 Å². The topological polar surface area (TPSA) is 55.5 Å². The first-order valence-electron chi connectivity index (χ1n) is 6.15. The van der Waals surface area contributed by atoms with E-state index in [0.29, 0.717) is 18.2 Å². The number of nitrogens with two attached hydrogens (primary N) is 1. The first kappa shape index (κ1) is 12.2. The molecular weight excluding hydrogens is 214 g/mol. The lowest BCUT2D eigenvalue weighted by Gasteiger charge is -2.19. The smallest absolute Gasteiger partial charge is 0.161 e. The highest BCUT2D eigenvalue weighted by Gasteiger charge is 2.45. The summed E-state index contributed by atoms with van der Waals surface area (Å²) in [7, 11) is 1.59. The molecule has 0 bridgehead atoms. The van der Waals surface area contributed by atoms with Gasteiger partial charge in [0, 0.05) is 17.5 Å². The molecule has 0 atom stereocenters. The average Bonchev–Trinajstić information content (AvgIpc) is 3.10. The molecule has 1 aliphatic rings. The summed E-state index contributed by atoms with van der Waals surface area (Å²) in [5.74, 6) is 1.24. The van der Waals surface area contributed by atoms with Gasteiger partial charge in [-0.1, -0.05) is 19.9 Å². The Bertz CT molecular complexity index is 422. The summed E-state index contributed by atoms with van der Waals surface area (Å²) in [4.78, 5) is 0. The Morgan fingerprint density at radius 3 is 2.47 bits per heavy atom. The van der Waals surface area contributed by atoms with Crippen molar-refractivity contribution in [2.75, 3.05) is 13.7 Å². The van der Waals surface area contributed by atoms with Crippen molar-refractivity contribution < 1.29 is 9.84 Å². The van der Waals surface area contributed by atoms with Crippen LogP contribution < -0.4 is 10.5 Å². The first-order chi connectivity index (χ1) is 8.04. The van der Waals surface area contributed by atoms with Gasteiger partial charge in [0.05, 0.1) is 7.11 Å². The van der Waals surface area contributed by atoms with E-state index in [9.17, 15) is 5.11 Å². The van der Waals surface area contributed by atoms with Crippen molar-refractivity contribution in [1.82, 2.24) is 0 Å². The monoisotopic (exact) mass is 235 g/mol. The van der Waals surface area contributed by atoms with Gasteiger partial charge in [-0.05, 0) is 30.4 Å². The van der Waals surface area contributed by atoms with E-state index in [1.807, 2.05) is 6.07 Å². The Morgan fingerprint density at radius 2 is 2.06 bits per heavy atom. The summed E-state index contributed by atoms with van der Waals surface area (Å²) in [6.45, 7) is 4.86. The Hall–Kier alpha value is -1.22. The van der Waals surface area contributed by atoms with Gasteiger partial charge in [-0.2, -0.15) is 0 Å². The molecule has 3 heteroatoms. The van der Waals surface area contributed by atoms with Gasteiger partial charge in [-0.3, -0.25) is 0 Å². The molecule has 1 saturated carbocycles. The van der Waals surface area contributed by atoms with E-state index in [1.54, 1.807) is 7.11 Å².